The average molecular weight is 237 g/mol. The van der Waals surface area contributed by atoms with E-state index in [9.17, 15) is 9.59 Å². The molecule has 0 rings (SSSR count). The molecule has 0 aliphatic rings. The van der Waals surface area contributed by atoms with E-state index in [0.717, 1.165) is 0 Å². The number of halogens is 1. The molecular weight excluding hydrogens is 220 g/mol. The van der Waals surface area contributed by atoms with Gasteiger partial charge >= 0.3 is 6.03 Å². The molecule has 0 aromatic heterocycles. The molecule has 2 atom stereocenters. The number of hydrogen-bond acceptors (Lipinski definition) is 3. The molecule has 0 spiro atoms. The molecule has 0 saturated heterocycles. The van der Waals surface area contributed by atoms with Gasteiger partial charge in [0.1, 0.15) is 5.38 Å². The highest BCUT2D eigenvalue weighted by Crippen LogP contribution is 1.98. The zero-order valence-corrected chi connectivity index (χ0v) is 10.2. The predicted molar refractivity (Wildman–Crippen MR) is 58.0 cm³/mol. The second-order valence-electron chi connectivity index (χ2n) is 3.33. The predicted octanol–water partition coefficient (Wildman–Crippen LogP) is 0.817. The summed E-state index contributed by atoms with van der Waals surface area (Å²) < 4.78 is 4.89. The monoisotopic (exact) mass is 236 g/mol. The number of carbonyl (C=O) groups excluding carboxylic acids is 2. The van der Waals surface area contributed by atoms with Gasteiger partial charge in [0.05, 0.1) is 12.6 Å². The maximum Gasteiger partial charge on any atom is 0.324 e. The van der Waals surface area contributed by atoms with Crippen molar-refractivity contribution in [2.75, 3.05) is 20.8 Å². The van der Waals surface area contributed by atoms with E-state index in [0.29, 0.717) is 6.61 Å². The van der Waals surface area contributed by atoms with Crippen LogP contribution in [0, 0.1) is 0 Å². The van der Waals surface area contributed by atoms with Gasteiger partial charge in [-0.3, -0.25) is 10.1 Å². The first-order chi connectivity index (χ1) is 6.90. The van der Waals surface area contributed by atoms with Gasteiger partial charge in [0, 0.05) is 14.2 Å². The minimum absolute atomic E-state index is 0.103. The normalized spacial score (nSPS) is 14.2. The zero-order chi connectivity index (χ0) is 12.0. The molecule has 0 aliphatic carbocycles. The van der Waals surface area contributed by atoms with E-state index in [1.807, 2.05) is 6.92 Å². The first-order valence-corrected chi connectivity index (χ1v) is 5.04. The molecule has 3 amide bonds. The molecule has 1 N–H and O–H groups in total. The molecule has 0 fully saturated rings. The fourth-order valence-corrected chi connectivity index (χ4v) is 0.901. The third-order valence-electron chi connectivity index (χ3n) is 1.98. The van der Waals surface area contributed by atoms with Crippen LogP contribution in [-0.4, -0.2) is 49.0 Å². The molecule has 6 heteroatoms. The van der Waals surface area contributed by atoms with Crippen LogP contribution in [0.15, 0.2) is 0 Å². The maximum atomic E-state index is 11.5. The topological polar surface area (TPSA) is 58.6 Å². The second-order valence-corrected chi connectivity index (χ2v) is 3.98. The van der Waals surface area contributed by atoms with Crippen molar-refractivity contribution >= 4 is 23.5 Å². The van der Waals surface area contributed by atoms with Gasteiger partial charge in [0.25, 0.3) is 0 Å². The fraction of sp³-hybridized carbons (Fsp3) is 0.778. The smallest absolute Gasteiger partial charge is 0.324 e. The lowest BCUT2D eigenvalue weighted by atomic mass is 10.3. The van der Waals surface area contributed by atoms with Crippen molar-refractivity contribution < 1.29 is 14.3 Å². The first-order valence-electron chi connectivity index (χ1n) is 4.60. The fourth-order valence-electron chi connectivity index (χ4n) is 0.846. The Labute approximate surface area is 94.7 Å². The van der Waals surface area contributed by atoms with Crippen LogP contribution in [0.1, 0.15) is 13.8 Å². The number of nitrogens with one attached hydrogen (secondary N) is 1. The Morgan fingerprint density at radius 1 is 1.47 bits per heavy atom. The number of alkyl halides is 1. The Hall–Kier alpha value is -0.810. The molecule has 0 saturated carbocycles. The van der Waals surface area contributed by atoms with Crippen LogP contribution in [-0.2, 0) is 9.53 Å². The summed E-state index contributed by atoms with van der Waals surface area (Å²) in [4.78, 5) is 24.0. The largest absolute Gasteiger partial charge is 0.383 e. The molecular formula is C9H17ClN2O3. The molecule has 0 aliphatic heterocycles. The Kier molecular flexibility index (Phi) is 6.27. The van der Waals surface area contributed by atoms with Gasteiger partial charge in [0.2, 0.25) is 5.91 Å². The van der Waals surface area contributed by atoms with Crippen LogP contribution in [0.2, 0.25) is 0 Å². The van der Waals surface area contributed by atoms with Gasteiger partial charge in [-0.1, -0.05) is 0 Å². The summed E-state index contributed by atoms with van der Waals surface area (Å²) in [6.45, 7) is 3.73. The number of hydrogen-bond donors (Lipinski definition) is 1. The van der Waals surface area contributed by atoms with Crippen LogP contribution < -0.4 is 5.32 Å². The summed E-state index contributed by atoms with van der Waals surface area (Å²) in [6, 6.07) is -0.578. The average Bonchev–Trinajstić information content (AvgIpc) is 2.16. The Balaban J connectivity index is 4.15. The van der Waals surface area contributed by atoms with Crippen molar-refractivity contribution in [2.45, 2.75) is 25.3 Å². The lowest BCUT2D eigenvalue weighted by Gasteiger charge is -2.24. The maximum absolute atomic E-state index is 11.5. The molecule has 0 heterocycles. The van der Waals surface area contributed by atoms with Crippen molar-refractivity contribution in [1.82, 2.24) is 10.2 Å². The third-order valence-corrected chi connectivity index (χ3v) is 2.18. The number of rotatable bonds is 4. The number of carbonyl (C=O) groups is 2. The molecule has 0 radical (unpaired) electrons. The van der Waals surface area contributed by atoms with Gasteiger partial charge in [-0.2, -0.15) is 0 Å². The van der Waals surface area contributed by atoms with Crippen molar-refractivity contribution in [3.05, 3.63) is 0 Å². The van der Waals surface area contributed by atoms with Crippen molar-refractivity contribution in [3.63, 3.8) is 0 Å². The highest BCUT2D eigenvalue weighted by Gasteiger charge is 2.19. The number of ether oxygens (including phenoxy) is 1. The van der Waals surface area contributed by atoms with Crippen LogP contribution in [0.4, 0.5) is 4.79 Å². The van der Waals surface area contributed by atoms with E-state index in [4.69, 9.17) is 16.3 Å². The van der Waals surface area contributed by atoms with Crippen LogP contribution in [0.3, 0.4) is 0 Å². The minimum atomic E-state index is -0.722. The number of nitrogens with zero attached hydrogens (tertiary/aromatic N) is 1. The number of imide groups is 1. The lowest BCUT2D eigenvalue weighted by Crippen LogP contribution is -2.47. The van der Waals surface area contributed by atoms with Gasteiger partial charge in [0.15, 0.2) is 0 Å². The first kappa shape index (κ1) is 14.2. The van der Waals surface area contributed by atoms with Gasteiger partial charge < -0.3 is 9.64 Å². The molecule has 0 aromatic carbocycles. The van der Waals surface area contributed by atoms with Gasteiger partial charge in [-0.15, -0.1) is 11.6 Å². The van der Waals surface area contributed by atoms with Gasteiger partial charge in [-0.05, 0) is 13.8 Å². The summed E-state index contributed by atoms with van der Waals surface area (Å²) >= 11 is 5.51. The highest BCUT2D eigenvalue weighted by molar-refractivity contribution is 6.31. The number of urea groups is 1. The number of amides is 3. The SMILES string of the molecule is COCC(C)N(C)C(=O)NC(=O)C(C)Cl. The van der Waals surface area contributed by atoms with E-state index in [-0.39, 0.29) is 6.04 Å². The summed E-state index contributed by atoms with van der Waals surface area (Å²) in [5.74, 6) is -0.502. The van der Waals surface area contributed by atoms with Gasteiger partial charge in [-0.25, -0.2) is 4.79 Å². The third kappa shape index (κ3) is 4.99. The molecule has 15 heavy (non-hydrogen) atoms. The van der Waals surface area contributed by atoms with E-state index in [1.165, 1.54) is 11.8 Å². The number of likely N-dealkylation sites (N-methyl/N-ethyl adjacent to an activating group) is 1. The standard InChI is InChI=1S/C9H17ClN2O3/c1-6(5-15-4)12(3)9(14)11-8(13)7(2)10/h6-7H,5H2,1-4H3,(H,11,13,14). The Morgan fingerprint density at radius 2 is 2.00 bits per heavy atom. The molecule has 88 valence electrons. The van der Waals surface area contributed by atoms with E-state index >= 15 is 0 Å². The summed E-state index contributed by atoms with van der Waals surface area (Å²) in [5.41, 5.74) is 0. The lowest BCUT2D eigenvalue weighted by molar-refractivity contribution is -0.119. The molecule has 5 nitrogen and oxygen atoms in total. The van der Waals surface area contributed by atoms with Crippen molar-refractivity contribution in [2.24, 2.45) is 0 Å². The minimum Gasteiger partial charge on any atom is -0.383 e. The highest BCUT2D eigenvalue weighted by atomic mass is 35.5. The summed E-state index contributed by atoms with van der Waals surface area (Å²) in [5, 5.41) is 1.46. The molecule has 2 unspecified atom stereocenters. The second kappa shape index (κ2) is 6.63. The van der Waals surface area contributed by atoms with E-state index in [1.54, 1.807) is 14.2 Å². The van der Waals surface area contributed by atoms with Crippen LogP contribution in [0.25, 0.3) is 0 Å². The van der Waals surface area contributed by atoms with Crippen molar-refractivity contribution in [1.29, 1.82) is 0 Å². The molecule has 0 aromatic rings. The quantitative estimate of drug-likeness (QED) is 0.736. The summed E-state index contributed by atoms with van der Waals surface area (Å²) in [7, 11) is 3.14. The molecule has 0 bridgehead atoms. The Bertz CT molecular complexity index is 233. The van der Waals surface area contributed by atoms with Crippen LogP contribution in [0.5, 0.6) is 0 Å². The van der Waals surface area contributed by atoms with E-state index < -0.39 is 17.3 Å². The Morgan fingerprint density at radius 3 is 2.40 bits per heavy atom. The van der Waals surface area contributed by atoms with Crippen molar-refractivity contribution in [3.8, 4) is 0 Å². The zero-order valence-electron chi connectivity index (χ0n) is 9.41. The number of methoxy groups -OCH3 is 1. The summed E-state index contributed by atoms with van der Waals surface area (Å²) in [6.07, 6.45) is 0. The van der Waals surface area contributed by atoms with E-state index in [2.05, 4.69) is 5.32 Å². The van der Waals surface area contributed by atoms with Crippen LogP contribution >= 0.6 is 11.6 Å².